The lowest BCUT2D eigenvalue weighted by molar-refractivity contribution is -0.145. The first-order valence-corrected chi connectivity index (χ1v) is 25.2. The van der Waals surface area contributed by atoms with Crippen molar-refractivity contribution in [3.63, 3.8) is 0 Å². The highest BCUT2D eigenvalue weighted by Crippen LogP contribution is 2.46. The molecule has 19 heteroatoms. The number of aromatic nitrogens is 2. The fraction of sp³-hybridized carbons (Fsp3) is 0.500. The number of methoxy groups -OCH3 is 1. The number of nitrogens with one attached hydrogen (secondary N) is 4. The fourth-order valence-corrected chi connectivity index (χ4v) is 11.6. The second-order valence-electron chi connectivity index (χ2n) is 19.3. The zero-order chi connectivity index (χ0) is 47.8. The van der Waals surface area contributed by atoms with Crippen molar-refractivity contribution in [2.45, 2.75) is 127 Å². The predicted octanol–water partition coefficient (Wildman–Crippen LogP) is 6.30. The van der Waals surface area contributed by atoms with Crippen LogP contribution < -0.4 is 30.7 Å². The molecule has 3 aliphatic heterocycles. The maximum Gasteiger partial charge on any atom is 0.330 e. The van der Waals surface area contributed by atoms with Crippen molar-refractivity contribution < 1.29 is 42.2 Å². The molecule has 17 nitrogen and oxygen atoms in total. The average Bonchev–Trinajstić information content (AvgIpc) is 3.51. The average molecular weight is 957 g/mol. The Morgan fingerprint density at radius 2 is 1.85 bits per heavy atom. The van der Waals surface area contributed by atoms with Crippen LogP contribution in [0.2, 0.25) is 0 Å². The maximum atomic E-state index is 15.0. The van der Waals surface area contributed by atoms with Gasteiger partial charge in [-0.1, -0.05) is 64.0 Å². The molecule has 5 heterocycles. The van der Waals surface area contributed by atoms with E-state index in [0.717, 1.165) is 18.0 Å². The minimum atomic E-state index is -3.80. The largest absolute Gasteiger partial charge is 0.497 e. The molecule has 1 aliphatic carbocycles. The molecule has 8 rings (SSSR count). The highest BCUT2D eigenvalue weighted by Gasteiger charge is 2.61. The third kappa shape index (κ3) is 10.2. The molecule has 4 amide bonds. The Hall–Kier alpha value is -5.79. The molecule has 67 heavy (non-hydrogen) atoms. The third-order valence-electron chi connectivity index (χ3n) is 13.1. The summed E-state index contributed by atoms with van der Waals surface area (Å²) in [6, 6.07) is 10.7. The molecule has 1 saturated heterocycles. The van der Waals surface area contributed by atoms with Crippen LogP contribution in [-0.4, -0.2) is 113 Å². The first kappa shape index (κ1) is 47.7. The van der Waals surface area contributed by atoms with Gasteiger partial charge in [-0.25, -0.2) is 28.0 Å². The van der Waals surface area contributed by atoms with Gasteiger partial charge in [0.1, 0.15) is 40.9 Å². The number of thiazole rings is 1. The first-order chi connectivity index (χ1) is 31.9. The summed E-state index contributed by atoms with van der Waals surface area (Å²) in [4.78, 5) is 67.7. The molecule has 358 valence electrons. The number of carbonyl (C=O) groups excluding carboxylic acids is 3. The minimum Gasteiger partial charge on any atom is -0.497 e. The number of carbonyl (C=O) groups is 4. The van der Waals surface area contributed by atoms with Crippen LogP contribution in [0.3, 0.4) is 0 Å². The van der Waals surface area contributed by atoms with Crippen molar-refractivity contribution in [2.24, 2.45) is 11.3 Å². The van der Waals surface area contributed by atoms with Crippen LogP contribution in [0.25, 0.3) is 22.3 Å². The molecule has 2 aromatic heterocycles. The van der Waals surface area contributed by atoms with Crippen LogP contribution in [0.5, 0.6) is 11.5 Å². The Balaban J connectivity index is 1.08. The van der Waals surface area contributed by atoms with Crippen LogP contribution in [-0.2, 0) is 31.0 Å². The summed E-state index contributed by atoms with van der Waals surface area (Å²) in [5.74, 6) is -1.69. The fourth-order valence-electron chi connectivity index (χ4n) is 9.12. The van der Waals surface area contributed by atoms with E-state index in [9.17, 15) is 27.9 Å². The van der Waals surface area contributed by atoms with E-state index in [1.54, 1.807) is 49.6 Å². The van der Waals surface area contributed by atoms with Crippen LogP contribution in [0.4, 0.5) is 9.93 Å². The number of rotatable bonds is 11. The number of carboxylic acid groups (broad SMARTS) is 1. The molecule has 5 N–H and O–H groups in total. The summed E-state index contributed by atoms with van der Waals surface area (Å²) in [5, 5.41) is 25.8. The molecular formula is C48H60N8O9S2. The number of carboxylic acids is 1. The molecule has 2 aromatic carbocycles. The molecule has 2 fully saturated rings. The van der Waals surface area contributed by atoms with Gasteiger partial charge in [0.15, 0.2) is 5.13 Å². The summed E-state index contributed by atoms with van der Waals surface area (Å²) in [6.45, 7) is 9.88. The normalized spacial score (nSPS) is 25.1. The second-order valence-corrected chi connectivity index (χ2v) is 22.1. The lowest BCUT2D eigenvalue weighted by Crippen LogP contribution is -2.59. The van der Waals surface area contributed by atoms with E-state index in [1.807, 2.05) is 58.2 Å². The highest BCUT2D eigenvalue weighted by atomic mass is 32.2. The van der Waals surface area contributed by atoms with Crippen molar-refractivity contribution in [2.75, 3.05) is 25.5 Å². The molecule has 1 saturated carbocycles. The Morgan fingerprint density at radius 1 is 1.06 bits per heavy atom. The molecule has 1 unspecified atom stereocenters. The molecule has 0 radical (unpaired) electrons. The van der Waals surface area contributed by atoms with Gasteiger partial charge >= 0.3 is 12.0 Å². The summed E-state index contributed by atoms with van der Waals surface area (Å²) in [6.07, 6.45) is 6.33. The number of sulfonamides is 1. The lowest BCUT2D eigenvalue weighted by Gasteiger charge is -2.35. The van der Waals surface area contributed by atoms with Gasteiger partial charge in [0.05, 0.1) is 29.8 Å². The highest BCUT2D eigenvalue weighted by molar-refractivity contribution is 7.89. The van der Waals surface area contributed by atoms with Gasteiger partial charge in [-0.15, -0.1) is 11.3 Å². The van der Waals surface area contributed by atoms with Gasteiger partial charge in [0.25, 0.3) is 0 Å². The number of pyridine rings is 1. The minimum absolute atomic E-state index is 0.00354. The standard InChI is InChI=1S/C48H60N8O9S2/c1-28(2)49-46-52-37(27-66-46)36-22-39(33-19-18-31(64-6)20-35(33)50-36)65-32-21-38-42(57)54-48(44(59)60)23-30(48)15-10-8-7-9-11-16-34(43(58)56(38)25-32)51-45(61)53-41(47(3,4)5)26-55-24-29-14-12-13-17-40(29)67(55,62)63/h10,12-15,17-20,22,27-28,30,32,34,38,41H,7-9,11,16,21,23-26H2,1-6H3,(H,49,52)(H,54,57)(H,59,60)(H2,51,53,61)/b15-10-/t30?,32-,34+,38+,41-,48-/m1/s1. The quantitative estimate of drug-likeness (QED) is 0.105. The van der Waals surface area contributed by atoms with Gasteiger partial charge in [0, 0.05) is 60.4 Å². The SMILES string of the molecule is COc1ccc2c(O[C@@H]3C[C@H]4C(=O)N[C@]5(C(=O)O)CC5/C=C\CCCCC[C@H](NC(=O)N[C@H](CN5Cc6ccccc6S5(=O)=O)C(C)(C)C)C(=O)N4C3)cc(-c3csc(NC(C)C)n3)nc2c1. The van der Waals surface area contributed by atoms with Crippen LogP contribution in [0.1, 0.15) is 85.1 Å². The van der Waals surface area contributed by atoms with Crippen LogP contribution in [0, 0.1) is 11.3 Å². The van der Waals surface area contributed by atoms with E-state index < -0.39 is 74.9 Å². The Morgan fingerprint density at radius 3 is 2.58 bits per heavy atom. The number of fused-ring (bicyclic) bond motifs is 4. The summed E-state index contributed by atoms with van der Waals surface area (Å²) >= 11 is 1.45. The number of urea groups is 1. The number of anilines is 1. The van der Waals surface area contributed by atoms with E-state index in [0.29, 0.717) is 52.2 Å². The van der Waals surface area contributed by atoms with E-state index in [2.05, 4.69) is 21.3 Å². The number of hydrogen-bond acceptors (Lipinski definition) is 12. The predicted molar refractivity (Wildman–Crippen MR) is 254 cm³/mol. The Bertz CT molecular complexity index is 2680. The lowest BCUT2D eigenvalue weighted by atomic mass is 9.86. The number of hydrogen-bond donors (Lipinski definition) is 5. The monoisotopic (exact) mass is 956 g/mol. The van der Waals surface area contributed by atoms with Crippen LogP contribution in [0.15, 0.2) is 71.0 Å². The Labute approximate surface area is 395 Å². The molecule has 0 bridgehead atoms. The van der Waals surface area contributed by atoms with E-state index >= 15 is 4.79 Å². The number of benzene rings is 2. The maximum absolute atomic E-state index is 15.0. The van der Waals surface area contributed by atoms with E-state index in [1.165, 1.54) is 20.5 Å². The molecule has 0 spiro atoms. The second kappa shape index (κ2) is 19.1. The van der Waals surface area contributed by atoms with Crippen molar-refractivity contribution in [1.82, 2.24) is 35.1 Å². The zero-order valence-corrected chi connectivity index (χ0v) is 40.3. The van der Waals surface area contributed by atoms with Crippen molar-refractivity contribution >= 4 is 61.2 Å². The van der Waals surface area contributed by atoms with Crippen molar-refractivity contribution in [1.29, 1.82) is 0 Å². The van der Waals surface area contributed by atoms with E-state index in [-0.39, 0.29) is 49.8 Å². The summed E-state index contributed by atoms with van der Waals surface area (Å²) in [5.41, 5.74) is 0.302. The molecule has 6 atom stereocenters. The van der Waals surface area contributed by atoms with Crippen molar-refractivity contribution in [3.8, 4) is 22.9 Å². The number of amides is 4. The van der Waals surface area contributed by atoms with Gasteiger partial charge in [-0.3, -0.25) is 9.59 Å². The van der Waals surface area contributed by atoms with Gasteiger partial charge in [-0.2, -0.15) is 4.31 Å². The number of allylic oxidation sites excluding steroid dienone is 1. The summed E-state index contributed by atoms with van der Waals surface area (Å²) < 4.78 is 40.8. The van der Waals surface area contributed by atoms with E-state index in [4.69, 9.17) is 19.4 Å². The van der Waals surface area contributed by atoms with Gasteiger partial charge in [0.2, 0.25) is 21.8 Å². The number of aliphatic carboxylic acids is 1. The van der Waals surface area contributed by atoms with Gasteiger partial charge in [-0.05, 0) is 68.7 Å². The topological polar surface area (TPSA) is 221 Å². The smallest absolute Gasteiger partial charge is 0.330 e. The molecule has 4 aromatic rings. The van der Waals surface area contributed by atoms with Gasteiger partial charge < -0.3 is 40.7 Å². The number of nitrogens with zero attached hydrogens (tertiary/aromatic N) is 4. The third-order valence-corrected chi connectivity index (χ3v) is 15.7. The van der Waals surface area contributed by atoms with Crippen LogP contribution >= 0.6 is 11.3 Å². The Kier molecular flexibility index (Phi) is 13.6. The number of ether oxygens (including phenoxy) is 2. The molecular weight excluding hydrogens is 897 g/mol. The summed E-state index contributed by atoms with van der Waals surface area (Å²) in [7, 11) is -2.23. The first-order valence-electron chi connectivity index (χ1n) is 22.9. The zero-order valence-electron chi connectivity index (χ0n) is 38.7. The van der Waals surface area contributed by atoms with Crippen molar-refractivity contribution in [3.05, 3.63) is 71.6 Å². The molecule has 4 aliphatic rings.